The van der Waals surface area contributed by atoms with Crippen molar-refractivity contribution in [3.05, 3.63) is 23.0 Å². The van der Waals surface area contributed by atoms with Gasteiger partial charge in [0.25, 0.3) is 0 Å². The molecule has 1 heterocycles. The topological polar surface area (TPSA) is 63.1 Å². The number of carboxylic acid groups (broad SMARTS) is 1. The summed E-state index contributed by atoms with van der Waals surface area (Å²) >= 11 is 0. The van der Waals surface area contributed by atoms with Crippen molar-refractivity contribution >= 4 is 5.97 Å². The van der Waals surface area contributed by atoms with Gasteiger partial charge in [0, 0.05) is 0 Å². The summed E-state index contributed by atoms with van der Waals surface area (Å²) in [6.07, 6.45) is 0.772. The van der Waals surface area contributed by atoms with Crippen LogP contribution in [0.3, 0.4) is 0 Å². The SMILES string of the molecule is CCc1cc(C)c(C(=O)O)nn1. The summed E-state index contributed by atoms with van der Waals surface area (Å²) in [7, 11) is 0. The number of nitrogens with zero attached hydrogens (tertiary/aromatic N) is 2. The van der Waals surface area contributed by atoms with Crippen LogP contribution in [0.1, 0.15) is 28.7 Å². The fourth-order valence-corrected chi connectivity index (χ4v) is 0.924. The van der Waals surface area contributed by atoms with E-state index in [0.717, 1.165) is 12.1 Å². The maximum atomic E-state index is 10.5. The Balaban J connectivity index is 3.12. The van der Waals surface area contributed by atoms with Crippen molar-refractivity contribution in [1.82, 2.24) is 10.2 Å². The molecule has 0 radical (unpaired) electrons. The number of rotatable bonds is 2. The number of hydrogen-bond donors (Lipinski definition) is 1. The van der Waals surface area contributed by atoms with E-state index in [0.29, 0.717) is 5.56 Å². The van der Waals surface area contributed by atoms with E-state index in [1.165, 1.54) is 0 Å². The van der Waals surface area contributed by atoms with Gasteiger partial charge in [0.05, 0.1) is 5.69 Å². The van der Waals surface area contributed by atoms with Crippen molar-refractivity contribution in [3.8, 4) is 0 Å². The molecule has 1 aromatic heterocycles. The molecule has 0 bridgehead atoms. The van der Waals surface area contributed by atoms with Gasteiger partial charge in [-0.2, -0.15) is 5.10 Å². The van der Waals surface area contributed by atoms with Crippen molar-refractivity contribution in [2.45, 2.75) is 20.3 Å². The van der Waals surface area contributed by atoms with Gasteiger partial charge < -0.3 is 5.11 Å². The van der Waals surface area contributed by atoms with Crippen molar-refractivity contribution in [2.75, 3.05) is 0 Å². The van der Waals surface area contributed by atoms with Gasteiger partial charge in [0.1, 0.15) is 0 Å². The second-order valence-corrected chi connectivity index (χ2v) is 2.53. The predicted octanol–water partition coefficient (Wildman–Crippen LogP) is 1.05. The molecule has 0 fully saturated rings. The number of aryl methyl sites for hydroxylation is 2. The first kappa shape index (κ1) is 8.64. The lowest BCUT2D eigenvalue weighted by Gasteiger charge is -1.99. The van der Waals surface area contributed by atoms with E-state index in [1.807, 2.05) is 6.92 Å². The molecule has 0 amide bonds. The van der Waals surface area contributed by atoms with E-state index in [9.17, 15) is 4.79 Å². The summed E-state index contributed by atoms with van der Waals surface area (Å²) in [4.78, 5) is 10.5. The Morgan fingerprint density at radius 2 is 2.25 bits per heavy atom. The molecule has 4 heteroatoms. The van der Waals surface area contributed by atoms with Crippen LogP contribution in [0.4, 0.5) is 0 Å². The fourth-order valence-electron chi connectivity index (χ4n) is 0.924. The second kappa shape index (κ2) is 3.30. The lowest BCUT2D eigenvalue weighted by Crippen LogP contribution is -2.06. The number of carbonyl (C=O) groups is 1. The van der Waals surface area contributed by atoms with Crippen LogP contribution in [0.15, 0.2) is 6.07 Å². The molecule has 1 rings (SSSR count). The maximum Gasteiger partial charge on any atom is 0.356 e. The third-order valence-corrected chi connectivity index (χ3v) is 1.60. The molecule has 0 saturated carbocycles. The molecule has 12 heavy (non-hydrogen) atoms. The molecule has 0 aliphatic rings. The Morgan fingerprint density at radius 1 is 1.58 bits per heavy atom. The largest absolute Gasteiger partial charge is 0.476 e. The van der Waals surface area contributed by atoms with Crippen LogP contribution >= 0.6 is 0 Å². The van der Waals surface area contributed by atoms with Gasteiger partial charge in [-0.05, 0) is 25.0 Å². The van der Waals surface area contributed by atoms with Gasteiger partial charge in [-0.25, -0.2) is 4.79 Å². The van der Waals surface area contributed by atoms with Crippen molar-refractivity contribution < 1.29 is 9.90 Å². The highest BCUT2D eigenvalue weighted by molar-refractivity contribution is 5.86. The molecular weight excluding hydrogens is 156 g/mol. The Labute approximate surface area is 70.3 Å². The van der Waals surface area contributed by atoms with Crippen LogP contribution < -0.4 is 0 Å². The van der Waals surface area contributed by atoms with Gasteiger partial charge in [0.2, 0.25) is 0 Å². The molecule has 0 spiro atoms. The molecule has 0 aliphatic carbocycles. The van der Waals surface area contributed by atoms with Crippen LogP contribution in [0.2, 0.25) is 0 Å². The molecule has 0 aromatic carbocycles. The smallest absolute Gasteiger partial charge is 0.356 e. The third-order valence-electron chi connectivity index (χ3n) is 1.60. The van der Waals surface area contributed by atoms with Crippen molar-refractivity contribution in [3.63, 3.8) is 0 Å². The summed E-state index contributed by atoms with van der Waals surface area (Å²) in [5.41, 5.74) is 1.51. The van der Waals surface area contributed by atoms with E-state index in [2.05, 4.69) is 10.2 Å². The maximum absolute atomic E-state index is 10.5. The van der Waals surface area contributed by atoms with Crippen LogP contribution in [-0.4, -0.2) is 21.3 Å². The monoisotopic (exact) mass is 166 g/mol. The Morgan fingerprint density at radius 3 is 2.67 bits per heavy atom. The Hall–Kier alpha value is -1.45. The summed E-state index contributed by atoms with van der Waals surface area (Å²) in [5.74, 6) is -1.03. The second-order valence-electron chi connectivity index (χ2n) is 2.53. The Kier molecular flexibility index (Phi) is 2.38. The minimum Gasteiger partial charge on any atom is -0.476 e. The first-order valence-electron chi connectivity index (χ1n) is 3.71. The summed E-state index contributed by atoms with van der Waals surface area (Å²) in [6, 6.07) is 1.75. The lowest BCUT2D eigenvalue weighted by atomic mass is 10.2. The number of carboxylic acids is 1. The number of aromatic nitrogens is 2. The predicted molar refractivity (Wildman–Crippen MR) is 43.1 cm³/mol. The van der Waals surface area contributed by atoms with E-state index in [1.54, 1.807) is 13.0 Å². The number of aromatic carboxylic acids is 1. The van der Waals surface area contributed by atoms with E-state index in [4.69, 9.17) is 5.11 Å². The Bertz CT molecular complexity index is 310. The summed E-state index contributed by atoms with van der Waals surface area (Å²) in [5, 5.41) is 16.0. The minimum absolute atomic E-state index is 0.0344. The zero-order chi connectivity index (χ0) is 9.14. The lowest BCUT2D eigenvalue weighted by molar-refractivity contribution is 0.0688. The molecule has 64 valence electrons. The summed E-state index contributed by atoms with van der Waals surface area (Å²) in [6.45, 7) is 3.67. The third kappa shape index (κ3) is 1.58. The number of hydrogen-bond acceptors (Lipinski definition) is 3. The van der Waals surface area contributed by atoms with Crippen LogP contribution in [-0.2, 0) is 6.42 Å². The molecule has 1 aromatic rings. The zero-order valence-electron chi connectivity index (χ0n) is 7.03. The average molecular weight is 166 g/mol. The van der Waals surface area contributed by atoms with Gasteiger partial charge in [0.15, 0.2) is 5.69 Å². The van der Waals surface area contributed by atoms with Crippen LogP contribution in [0.5, 0.6) is 0 Å². The van der Waals surface area contributed by atoms with E-state index >= 15 is 0 Å². The quantitative estimate of drug-likeness (QED) is 0.713. The first-order valence-corrected chi connectivity index (χ1v) is 3.71. The molecule has 0 saturated heterocycles. The van der Waals surface area contributed by atoms with Crippen LogP contribution in [0, 0.1) is 6.92 Å². The molecule has 4 nitrogen and oxygen atoms in total. The zero-order valence-corrected chi connectivity index (χ0v) is 7.03. The molecule has 0 atom stereocenters. The fraction of sp³-hybridized carbons (Fsp3) is 0.375. The van der Waals surface area contributed by atoms with E-state index in [-0.39, 0.29) is 5.69 Å². The van der Waals surface area contributed by atoms with Gasteiger partial charge in [-0.15, -0.1) is 5.10 Å². The first-order chi connectivity index (χ1) is 5.65. The van der Waals surface area contributed by atoms with Crippen LogP contribution in [0.25, 0.3) is 0 Å². The molecule has 0 unspecified atom stereocenters. The standard InChI is InChI=1S/C8H10N2O2/c1-3-6-4-5(2)7(8(11)12)10-9-6/h4H,3H2,1-2H3,(H,11,12). The highest BCUT2D eigenvalue weighted by Crippen LogP contribution is 2.05. The highest BCUT2D eigenvalue weighted by atomic mass is 16.4. The van der Waals surface area contributed by atoms with Crippen molar-refractivity contribution in [2.24, 2.45) is 0 Å². The van der Waals surface area contributed by atoms with E-state index < -0.39 is 5.97 Å². The molecule has 0 aliphatic heterocycles. The van der Waals surface area contributed by atoms with Gasteiger partial charge >= 0.3 is 5.97 Å². The minimum atomic E-state index is -1.03. The normalized spacial score (nSPS) is 9.83. The summed E-state index contributed by atoms with van der Waals surface area (Å²) < 4.78 is 0. The van der Waals surface area contributed by atoms with Crippen molar-refractivity contribution in [1.29, 1.82) is 0 Å². The highest BCUT2D eigenvalue weighted by Gasteiger charge is 2.09. The molecule has 1 N–H and O–H groups in total. The average Bonchev–Trinajstić information content (AvgIpc) is 2.03. The van der Waals surface area contributed by atoms with Gasteiger partial charge in [-0.3, -0.25) is 0 Å². The van der Waals surface area contributed by atoms with Gasteiger partial charge in [-0.1, -0.05) is 6.92 Å². The molecular formula is C8H10N2O2.